The number of nitrogens with zero attached hydrogens (tertiary/aromatic N) is 2. The van der Waals surface area contributed by atoms with Gasteiger partial charge in [-0.15, -0.1) is 0 Å². The molecule has 0 saturated carbocycles. The monoisotopic (exact) mass is 408 g/mol. The quantitative estimate of drug-likeness (QED) is 0.458. The molecule has 4 aromatic rings. The SMILES string of the molecule is O=c1c2ccccc2c(C=Nc2ccc(C(F)(F)F)cc2)c(O)n1-c1ccccc1. The largest absolute Gasteiger partial charge is 0.494 e. The molecule has 3 aromatic carbocycles. The summed E-state index contributed by atoms with van der Waals surface area (Å²) in [4.78, 5) is 17.2. The van der Waals surface area contributed by atoms with E-state index >= 15 is 0 Å². The predicted octanol–water partition coefficient (Wildman–Crippen LogP) is 5.47. The van der Waals surface area contributed by atoms with Gasteiger partial charge in [-0.05, 0) is 42.5 Å². The van der Waals surface area contributed by atoms with Crippen LogP contribution in [0.15, 0.2) is 88.6 Å². The number of aromatic hydroxyl groups is 1. The van der Waals surface area contributed by atoms with Crippen molar-refractivity contribution in [2.45, 2.75) is 6.18 Å². The maximum atomic E-state index is 13.0. The van der Waals surface area contributed by atoms with E-state index in [9.17, 15) is 23.1 Å². The molecule has 0 radical (unpaired) electrons. The van der Waals surface area contributed by atoms with E-state index < -0.39 is 11.7 Å². The lowest BCUT2D eigenvalue weighted by Crippen LogP contribution is -2.20. The highest BCUT2D eigenvalue weighted by Gasteiger charge is 2.29. The summed E-state index contributed by atoms with van der Waals surface area (Å²) in [5, 5.41) is 11.7. The van der Waals surface area contributed by atoms with E-state index in [-0.39, 0.29) is 22.7 Å². The third-order valence-electron chi connectivity index (χ3n) is 4.66. The van der Waals surface area contributed by atoms with Crippen molar-refractivity contribution in [3.8, 4) is 11.6 Å². The van der Waals surface area contributed by atoms with E-state index in [0.29, 0.717) is 16.5 Å². The number of aliphatic imine (C=N–C) groups is 1. The summed E-state index contributed by atoms with van der Waals surface area (Å²) in [6, 6.07) is 19.8. The van der Waals surface area contributed by atoms with Crippen molar-refractivity contribution in [3.05, 3.63) is 100 Å². The summed E-state index contributed by atoms with van der Waals surface area (Å²) in [5.74, 6) is -0.305. The Labute approximate surface area is 169 Å². The molecular formula is C23H15F3N2O2. The second-order valence-electron chi connectivity index (χ2n) is 6.56. The summed E-state index contributed by atoms with van der Waals surface area (Å²) in [6.07, 6.45) is -3.08. The van der Waals surface area contributed by atoms with E-state index in [2.05, 4.69) is 4.99 Å². The first kappa shape index (κ1) is 19.4. The van der Waals surface area contributed by atoms with Gasteiger partial charge in [0.15, 0.2) is 0 Å². The van der Waals surface area contributed by atoms with Crippen LogP contribution in [0.5, 0.6) is 5.88 Å². The van der Waals surface area contributed by atoms with Crippen LogP contribution < -0.4 is 5.56 Å². The zero-order chi connectivity index (χ0) is 21.3. The van der Waals surface area contributed by atoms with Gasteiger partial charge in [0.25, 0.3) is 5.56 Å². The molecule has 0 aliphatic heterocycles. The lowest BCUT2D eigenvalue weighted by molar-refractivity contribution is -0.137. The first-order chi connectivity index (χ1) is 14.4. The van der Waals surface area contributed by atoms with Crippen molar-refractivity contribution < 1.29 is 18.3 Å². The van der Waals surface area contributed by atoms with Gasteiger partial charge in [-0.1, -0.05) is 36.4 Å². The van der Waals surface area contributed by atoms with Crippen molar-refractivity contribution in [3.63, 3.8) is 0 Å². The highest BCUT2D eigenvalue weighted by atomic mass is 19.4. The van der Waals surface area contributed by atoms with Gasteiger partial charge in [-0.25, -0.2) is 4.57 Å². The number of pyridine rings is 1. The first-order valence-corrected chi connectivity index (χ1v) is 9.00. The van der Waals surface area contributed by atoms with Gasteiger partial charge < -0.3 is 5.11 Å². The molecule has 0 aliphatic rings. The average molecular weight is 408 g/mol. The molecule has 1 aromatic heterocycles. The molecule has 4 rings (SSSR count). The number of halogens is 3. The maximum Gasteiger partial charge on any atom is 0.416 e. The lowest BCUT2D eigenvalue weighted by Gasteiger charge is -2.13. The Bertz CT molecular complexity index is 1290. The highest BCUT2D eigenvalue weighted by Crippen LogP contribution is 2.31. The molecule has 0 fully saturated rings. The van der Waals surface area contributed by atoms with E-state index in [1.54, 1.807) is 54.6 Å². The van der Waals surface area contributed by atoms with Crippen molar-refractivity contribution in [2.75, 3.05) is 0 Å². The van der Waals surface area contributed by atoms with Gasteiger partial charge in [-0.3, -0.25) is 9.79 Å². The first-order valence-electron chi connectivity index (χ1n) is 9.00. The van der Waals surface area contributed by atoms with Crippen LogP contribution in [0.25, 0.3) is 16.5 Å². The predicted molar refractivity (Wildman–Crippen MR) is 110 cm³/mol. The Kier molecular flexibility index (Phi) is 4.87. The average Bonchev–Trinajstić information content (AvgIpc) is 2.74. The Morgan fingerprint density at radius 2 is 1.43 bits per heavy atom. The van der Waals surface area contributed by atoms with Crippen LogP contribution in [0.1, 0.15) is 11.1 Å². The number of hydrogen-bond donors (Lipinski definition) is 1. The molecule has 0 amide bonds. The Hall–Kier alpha value is -3.87. The highest BCUT2D eigenvalue weighted by molar-refractivity contribution is 6.02. The van der Waals surface area contributed by atoms with E-state index in [0.717, 1.165) is 12.1 Å². The number of hydrogen-bond acceptors (Lipinski definition) is 3. The Morgan fingerprint density at radius 1 is 0.833 bits per heavy atom. The second kappa shape index (κ2) is 7.51. The van der Waals surface area contributed by atoms with E-state index in [1.807, 2.05) is 0 Å². The number of fused-ring (bicyclic) bond motifs is 1. The molecule has 1 heterocycles. The van der Waals surface area contributed by atoms with Crippen molar-refractivity contribution in [1.29, 1.82) is 0 Å². The molecule has 0 spiro atoms. The standard InChI is InChI=1S/C23H15F3N2O2/c24-23(25,26)15-10-12-16(13-11-15)27-14-20-18-8-4-5-9-19(18)21(29)28(22(20)30)17-6-2-1-3-7-17/h1-14,30H. The minimum atomic E-state index is -4.43. The number of benzene rings is 3. The van der Waals surface area contributed by atoms with E-state index in [1.165, 1.54) is 22.9 Å². The smallest absolute Gasteiger partial charge is 0.416 e. The van der Waals surface area contributed by atoms with Crippen LogP contribution in [0.2, 0.25) is 0 Å². The minimum absolute atomic E-state index is 0.281. The van der Waals surface area contributed by atoms with E-state index in [4.69, 9.17) is 0 Å². The zero-order valence-electron chi connectivity index (χ0n) is 15.5. The van der Waals surface area contributed by atoms with Crippen LogP contribution >= 0.6 is 0 Å². The fraction of sp³-hybridized carbons (Fsp3) is 0.0435. The summed E-state index contributed by atoms with van der Waals surface area (Å²) in [5.41, 5.74) is -0.110. The molecule has 0 saturated heterocycles. The van der Waals surface area contributed by atoms with Crippen LogP contribution in [-0.4, -0.2) is 15.9 Å². The molecule has 1 N–H and O–H groups in total. The molecule has 30 heavy (non-hydrogen) atoms. The normalized spacial score (nSPS) is 12.0. The summed E-state index contributed by atoms with van der Waals surface area (Å²) in [6.45, 7) is 0. The van der Waals surface area contributed by atoms with Gasteiger partial charge in [0.05, 0.1) is 22.5 Å². The minimum Gasteiger partial charge on any atom is -0.494 e. The molecule has 0 aliphatic carbocycles. The third kappa shape index (κ3) is 3.57. The molecule has 7 heteroatoms. The Balaban J connectivity index is 1.86. The summed E-state index contributed by atoms with van der Waals surface area (Å²) in [7, 11) is 0. The fourth-order valence-corrected chi connectivity index (χ4v) is 3.18. The van der Waals surface area contributed by atoms with Gasteiger partial charge in [-0.2, -0.15) is 13.2 Å². The molecule has 4 nitrogen and oxygen atoms in total. The van der Waals surface area contributed by atoms with Gasteiger partial charge in [0.1, 0.15) is 0 Å². The second-order valence-corrected chi connectivity index (χ2v) is 6.56. The third-order valence-corrected chi connectivity index (χ3v) is 4.66. The van der Waals surface area contributed by atoms with Crippen LogP contribution in [0.3, 0.4) is 0 Å². The number of aromatic nitrogens is 1. The summed E-state index contributed by atoms with van der Waals surface area (Å²) >= 11 is 0. The maximum absolute atomic E-state index is 13.0. The van der Waals surface area contributed by atoms with Crippen LogP contribution in [0.4, 0.5) is 18.9 Å². The molecule has 0 atom stereocenters. The van der Waals surface area contributed by atoms with Gasteiger partial charge >= 0.3 is 6.18 Å². The summed E-state index contributed by atoms with van der Waals surface area (Å²) < 4.78 is 39.4. The Morgan fingerprint density at radius 3 is 2.07 bits per heavy atom. The molecule has 150 valence electrons. The van der Waals surface area contributed by atoms with Crippen molar-refractivity contribution in [2.24, 2.45) is 4.99 Å². The molecular weight excluding hydrogens is 393 g/mol. The van der Waals surface area contributed by atoms with Crippen LogP contribution in [-0.2, 0) is 6.18 Å². The molecule has 0 bridgehead atoms. The van der Waals surface area contributed by atoms with Crippen molar-refractivity contribution in [1.82, 2.24) is 4.57 Å². The van der Waals surface area contributed by atoms with Gasteiger partial charge in [0, 0.05) is 17.0 Å². The zero-order valence-corrected chi connectivity index (χ0v) is 15.5. The molecule has 0 unspecified atom stereocenters. The topological polar surface area (TPSA) is 54.6 Å². The van der Waals surface area contributed by atoms with Gasteiger partial charge in [0.2, 0.25) is 5.88 Å². The number of para-hydroxylation sites is 1. The lowest BCUT2D eigenvalue weighted by atomic mass is 10.1. The van der Waals surface area contributed by atoms with Crippen LogP contribution in [0, 0.1) is 0 Å². The number of rotatable bonds is 3. The fourth-order valence-electron chi connectivity index (χ4n) is 3.18. The number of alkyl halides is 3. The van der Waals surface area contributed by atoms with Crippen molar-refractivity contribution >= 4 is 22.7 Å².